The third-order valence-electron chi connectivity index (χ3n) is 9.75. The van der Waals surface area contributed by atoms with Gasteiger partial charge in [-0.15, -0.1) is 23.4 Å². The van der Waals surface area contributed by atoms with E-state index in [0.29, 0.717) is 38.7 Å². The van der Waals surface area contributed by atoms with Crippen LogP contribution in [0.4, 0.5) is 0 Å². The van der Waals surface area contributed by atoms with E-state index >= 15 is 0 Å². The van der Waals surface area contributed by atoms with Gasteiger partial charge in [0.2, 0.25) is 5.91 Å². The lowest BCUT2D eigenvalue weighted by Crippen LogP contribution is -2.75. The van der Waals surface area contributed by atoms with Crippen LogP contribution < -0.4 is 10.6 Å². The van der Waals surface area contributed by atoms with Crippen molar-refractivity contribution in [1.82, 2.24) is 25.3 Å². The molecule has 6 rings (SSSR count). The first kappa shape index (κ1) is 29.1. The van der Waals surface area contributed by atoms with E-state index in [1.807, 2.05) is 18.2 Å². The molecule has 4 fully saturated rings. The van der Waals surface area contributed by atoms with Gasteiger partial charge in [0.25, 0.3) is 0 Å². The number of nitrogens with one attached hydrogen (secondary N) is 2. The molecular formula is C30H39ClN6O3S. The zero-order valence-electron chi connectivity index (χ0n) is 23.5. The second kappa shape index (κ2) is 12.0. The number of amides is 1. The third kappa shape index (κ3) is 5.24. The molecule has 1 aromatic rings. The van der Waals surface area contributed by atoms with Gasteiger partial charge < -0.3 is 14.5 Å². The summed E-state index contributed by atoms with van der Waals surface area (Å²) in [5.74, 6) is -0.00881. The first-order chi connectivity index (χ1) is 19.9. The van der Waals surface area contributed by atoms with Crippen LogP contribution in [0.3, 0.4) is 0 Å². The van der Waals surface area contributed by atoms with E-state index in [2.05, 4.69) is 46.2 Å². The van der Waals surface area contributed by atoms with Crippen molar-refractivity contribution in [3.63, 3.8) is 0 Å². The molecule has 0 aromatic heterocycles. The summed E-state index contributed by atoms with van der Waals surface area (Å²) in [6.45, 7) is 6.97. The van der Waals surface area contributed by atoms with E-state index in [1.165, 1.54) is 6.08 Å². The van der Waals surface area contributed by atoms with E-state index in [1.54, 1.807) is 16.7 Å². The van der Waals surface area contributed by atoms with Crippen LogP contribution in [-0.2, 0) is 14.3 Å². The average Bonchev–Trinajstić information content (AvgIpc) is 3.53. The Morgan fingerprint density at radius 2 is 2.10 bits per heavy atom. The number of likely N-dealkylation sites (N-methyl/N-ethyl adjacent to an activating group) is 1. The Balaban J connectivity index is 1.25. The Morgan fingerprint density at radius 1 is 1.27 bits per heavy atom. The highest BCUT2D eigenvalue weighted by Gasteiger charge is 2.60. The van der Waals surface area contributed by atoms with Crippen molar-refractivity contribution >= 4 is 35.1 Å². The van der Waals surface area contributed by atoms with Crippen molar-refractivity contribution < 1.29 is 14.3 Å². The van der Waals surface area contributed by atoms with Gasteiger partial charge in [0.1, 0.15) is 4.75 Å². The van der Waals surface area contributed by atoms with Crippen molar-refractivity contribution in [1.29, 1.82) is 5.26 Å². The fourth-order valence-corrected chi connectivity index (χ4v) is 9.61. The van der Waals surface area contributed by atoms with Crippen LogP contribution in [0.2, 0.25) is 0 Å². The normalized spacial score (nSPS) is 37.5. The summed E-state index contributed by atoms with van der Waals surface area (Å²) in [5.41, 5.74) is 1.04. The van der Waals surface area contributed by atoms with Crippen LogP contribution in [0.25, 0.3) is 0 Å². The highest BCUT2D eigenvalue weighted by molar-refractivity contribution is 8.02. The standard InChI is InChI=1S/C30H39ClN6O3S/c1-3-24(38)37-16-15-36(17-19(37)11-13-32)28-22-10-12-30(26(31)21-8-4-5-9-23(21)41-30)27(39)25(22)33-29(34-28)40-18-20-7-6-14-35(20)2/h3-5,8-9,19-20,22,25-26,28-29,33-34H,1,6-7,10-12,14-18H2,2H3/t19?,20?,22?,25?,26?,28?,29?,30-/m0/s1. The molecule has 1 amide bonds. The number of ether oxygens (including phenoxy) is 1. The Bertz CT molecular complexity index is 1230. The Labute approximate surface area is 251 Å². The highest BCUT2D eigenvalue weighted by atomic mass is 35.5. The second-order valence-corrected chi connectivity index (χ2v) is 13.8. The van der Waals surface area contributed by atoms with Crippen LogP contribution >= 0.6 is 23.4 Å². The molecule has 4 heterocycles. The van der Waals surface area contributed by atoms with Crippen molar-refractivity contribution in [2.24, 2.45) is 5.92 Å². The number of Topliss-reactive ketones (excluding diaryl/α,β-unsaturated/α-hetero) is 1. The van der Waals surface area contributed by atoms with E-state index in [4.69, 9.17) is 16.3 Å². The van der Waals surface area contributed by atoms with Crippen molar-refractivity contribution in [3.8, 4) is 6.07 Å². The number of ketones is 1. The zero-order chi connectivity index (χ0) is 28.7. The Kier molecular flexibility index (Phi) is 8.49. The van der Waals surface area contributed by atoms with Crippen molar-refractivity contribution in [2.75, 3.05) is 39.8 Å². The molecule has 41 heavy (non-hydrogen) atoms. The molecular weight excluding hydrogens is 560 g/mol. The van der Waals surface area contributed by atoms with Crippen LogP contribution in [-0.4, -0.2) is 102 Å². The first-order valence-electron chi connectivity index (χ1n) is 14.7. The van der Waals surface area contributed by atoms with E-state index in [9.17, 15) is 14.9 Å². The summed E-state index contributed by atoms with van der Waals surface area (Å²) in [4.78, 5) is 34.5. The molecule has 11 heteroatoms. The predicted octanol–water partition coefficient (Wildman–Crippen LogP) is 2.68. The summed E-state index contributed by atoms with van der Waals surface area (Å²) < 4.78 is 5.72. The minimum atomic E-state index is -0.712. The fourth-order valence-electron chi connectivity index (χ4n) is 7.48. The summed E-state index contributed by atoms with van der Waals surface area (Å²) in [7, 11) is 2.13. The largest absolute Gasteiger partial charge is 0.348 e. The number of nitrogens with zero attached hydrogens (tertiary/aromatic N) is 4. The summed E-state index contributed by atoms with van der Waals surface area (Å²) >= 11 is 8.72. The maximum atomic E-state index is 14.5. The highest BCUT2D eigenvalue weighted by Crippen LogP contribution is 2.60. The number of alkyl halides is 1. The number of thioether (sulfide) groups is 1. The quantitative estimate of drug-likeness (QED) is 0.378. The van der Waals surface area contributed by atoms with Crippen LogP contribution in [0, 0.1) is 17.2 Å². The van der Waals surface area contributed by atoms with Crippen molar-refractivity contribution in [2.45, 2.75) is 77.8 Å². The van der Waals surface area contributed by atoms with Gasteiger partial charge in [-0.25, -0.2) is 0 Å². The van der Waals surface area contributed by atoms with Crippen LogP contribution in [0.1, 0.15) is 43.0 Å². The molecule has 0 radical (unpaired) electrons. The number of rotatable bonds is 6. The molecule has 8 atom stereocenters. The minimum absolute atomic E-state index is 0.000278. The van der Waals surface area contributed by atoms with Crippen LogP contribution in [0.15, 0.2) is 41.8 Å². The van der Waals surface area contributed by atoms with E-state index in [-0.39, 0.29) is 41.6 Å². The lowest BCUT2D eigenvalue weighted by atomic mass is 9.72. The van der Waals surface area contributed by atoms with Gasteiger partial charge in [-0.2, -0.15) is 5.26 Å². The molecule has 7 unspecified atom stereocenters. The smallest absolute Gasteiger partial charge is 0.246 e. The molecule has 1 spiro atoms. The number of nitriles is 1. The number of hydrogen-bond acceptors (Lipinski definition) is 9. The molecule has 2 N–H and O–H groups in total. The second-order valence-electron chi connectivity index (χ2n) is 12.0. The number of carbonyl (C=O) groups excluding carboxylic acids is 2. The molecule has 9 nitrogen and oxygen atoms in total. The third-order valence-corrected chi connectivity index (χ3v) is 12.1. The lowest BCUT2D eigenvalue weighted by molar-refractivity contribution is -0.144. The molecule has 3 saturated heterocycles. The number of fused-ring (bicyclic) bond motifs is 2. The topological polar surface area (TPSA) is 101 Å². The number of hydrogen-bond donors (Lipinski definition) is 2. The lowest BCUT2D eigenvalue weighted by Gasteiger charge is -2.54. The molecule has 220 valence electrons. The number of piperazine rings is 1. The molecule has 1 saturated carbocycles. The minimum Gasteiger partial charge on any atom is -0.348 e. The monoisotopic (exact) mass is 598 g/mol. The molecule has 1 aromatic carbocycles. The number of halogens is 1. The number of likely N-dealkylation sites (tertiary alicyclic amines) is 1. The Hall–Kier alpha value is -1.97. The maximum Gasteiger partial charge on any atom is 0.246 e. The Morgan fingerprint density at radius 3 is 2.83 bits per heavy atom. The van der Waals surface area contributed by atoms with E-state index in [0.717, 1.165) is 36.3 Å². The molecule has 0 bridgehead atoms. The summed E-state index contributed by atoms with van der Waals surface area (Å²) in [5, 5.41) is 16.4. The molecule has 4 aliphatic heterocycles. The van der Waals surface area contributed by atoms with Gasteiger partial charge in [0, 0.05) is 36.5 Å². The molecule has 5 aliphatic rings. The van der Waals surface area contributed by atoms with Gasteiger partial charge in [-0.1, -0.05) is 24.8 Å². The van der Waals surface area contributed by atoms with Gasteiger partial charge in [-0.3, -0.25) is 25.1 Å². The van der Waals surface area contributed by atoms with Gasteiger partial charge in [0.15, 0.2) is 12.1 Å². The fraction of sp³-hybridized carbons (Fsp3) is 0.633. The maximum absolute atomic E-state index is 14.5. The predicted molar refractivity (Wildman–Crippen MR) is 158 cm³/mol. The summed E-state index contributed by atoms with van der Waals surface area (Å²) in [6, 6.07) is 10.0. The number of benzene rings is 1. The first-order valence-corrected chi connectivity index (χ1v) is 16.0. The van der Waals surface area contributed by atoms with Gasteiger partial charge in [-0.05, 0) is 57.0 Å². The molecule has 1 aliphatic carbocycles. The zero-order valence-corrected chi connectivity index (χ0v) is 25.1. The SMILES string of the molecule is C=CC(=O)N1CCN(C2NC(OCC3CCCN3C)NC3C(=O)[C@@]4(CCC32)Sc2ccccc2C4Cl)CC1CC#N. The average molecular weight is 599 g/mol. The summed E-state index contributed by atoms with van der Waals surface area (Å²) in [6.07, 6.45) is 4.69. The van der Waals surface area contributed by atoms with Gasteiger partial charge >= 0.3 is 0 Å². The van der Waals surface area contributed by atoms with E-state index < -0.39 is 17.1 Å². The van der Waals surface area contributed by atoms with Gasteiger partial charge in [0.05, 0.1) is 42.7 Å². The van der Waals surface area contributed by atoms with Crippen LogP contribution in [0.5, 0.6) is 0 Å². The van der Waals surface area contributed by atoms with Crippen molar-refractivity contribution in [3.05, 3.63) is 42.5 Å². The number of carbonyl (C=O) groups is 2.